The standard InChI is InChI=1S/C17H18N2O/c1-14(16-7-3-2-4-8-16)19-13-15-6-5-9-17(12-15)20-11-10-18/h2-9,12,14,19H,11,13H2,1H3/t14-/m0/s1. The predicted molar refractivity (Wildman–Crippen MR) is 79.2 cm³/mol. The van der Waals surface area contributed by atoms with E-state index in [1.807, 2.05) is 48.5 Å². The van der Waals surface area contributed by atoms with Crippen LogP contribution in [0.1, 0.15) is 24.1 Å². The molecule has 0 amide bonds. The Morgan fingerprint density at radius 3 is 2.70 bits per heavy atom. The average Bonchev–Trinajstić information content (AvgIpc) is 2.52. The molecule has 0 aliphatic rings. The van der Waals surface area contributed by atoms with Crippen LogP contribution in [0.2, 0.25) is 0 Å². The molecule has 102 valence electrons. The van der Waals surface area contributed by atoms with Gasteiger partial charge in [-0.15, -0.1) is 0 Å². The second-order valence-corrected chi connectivity index (χ2v) is 4.61. The van der Waals surface area contributed by atoms with Gasteiger partial charge in [0.05, 0.1) is 0 Å². The summed E-state index contributed by atoms with van der Waals surface area (Å²) in [5, 5.41) is 12.0. The second-order valence-electron chi connectivity index (χ2n) is 4.61. The lowest BCUT2D eigenvalue weighted by Gasteiger charge is -2.14. The maximum atomic E-state index is 8.51. The molecule has 1 N–H and O–H groups in total. The molecule has 0 aliphatic heterocycles. The zero-order valence-electron chi connectivity index (χ0n) is 11.5. The molecule has 0 radical (unpaired) electrons. The van der Waals surface area contributed by atoms with E-state index < -0.39 is 0 Å². The Bertz CT molecular complexity index is 575. The molecule has 0 bridgehead atoms. The minimum atomic E-state index is 0.0807. The molecule has 20 heavy (non-hydrogen) atoms. The van der Waals surface area contributed by atoms with Crippen LogP contribution in [0, 0.1) is 11.3 Å². The number of nitriles is 1. The Balaban J connectivity index is 1.92. The second kappa shape index (κ2) is 7.32. The summed E-state index contributed by atoms with van der Waals surface area (Å²) < 4.78 is 5.30. The maximum absolute atomic E-state index is 8.51. The van der Waals surface area contributed by atoms with E-state index in [2.05, 4.69) is 24.4 Å². The monoisotopic (exact) mass is 266 g/mol. The molecular weight excluding hydrogens is 248 g/mol. The number of ether oxygens (including phenoxy) is 1. The molecule has 0 spiro atoms. The number of rotatable bonds is 6. The number of benzene rings is 2. The summed E-state index contributed by atoms with van der Waals surface area (Å²) in [6.07, 6.45) is 0. The molecule has 0 saturated carbocycles. The Morgan fingerprint density at radius 2 is 1.95 bits per heavy atom. The molecule has 0 unspecified atom stereocenters. The fraction of sp³-hybridized carbons (Fsp3) is 0.235. The highest BCUT2D eigenvalue weighted by atomic mass is 16.5. The third-order valence-corrected chi connectivity index (χ3v) is 3.11. The highest BCUT2D eigenvalue weighted by Crippen LogP contribution is 2.15. The van der Waals surface area contributed by atoms with Gasteiger partial charge in [-0.2, -0.15) is 5.26 Å². The van der Waals surface area contributed by atoms with Crippen LogP contribution in [0.15, 0.2) is 54.6 Å². The summed E-state index contributed by atoms with van der Waals surface area (Å²) >= 11 is 0. The lowest BCUT2D eigenvalue weighted by atomic mass is 10.1. The van der Waals surface area contributed by atoms with Gasteiger partial charge in [0.25, 0.3) is 0 Å². The van der Waals surface area contributed by atoms with Crippen molar-refractivity contribution in [1.29, 1.82) is 5.26 Å². The van der Waals surface area contributed by atoms with Crippen molar-refractivity contribution in [3.63, 3.8) is 0 Å². The minimum Gasteiger partial charge on any atom is -0.479 e. The van der Waals surface area contributed by atoms with Crippen LogP contribution in [0.3, 0.4) is 0 Å². The lowest BCUT2D eigenvalue weighted by Crippen LogP contribution is -2.17. The van der Waals surface area contributed by atoms with Gasteiger partial charge in [-0.3, -0.25) is 0 Å². The van der Waals surface area contributed by atoms with Gasteiger partial charge in [0, 0.05) is 12.6 Å². The number of hydrogen-bond acceptors (Lipinski definition) is 3. The van der Waals surface area contributed by atoms with Crippen molar-refractivity contribution in [2.45, 2.75) is 19.5 Å². The Morgan fingerprint density at radius 1 is 1.15 bits per heavy atom. The zero-order chi connectivity index (χ0) is 14.2. The van der Waals surface area contributed by atoms with Crippen molar-refractivity contribution in [1.82, 2.24) is 5.32 Å². The topological polar surface area (TPSA) is 45.0 Å². The van der Waals surface area contributed by atoms with Gasteiger partial charge in [-0.1, -0.05) is 42.5 Å². The van der Waals surface area contributed by atoms with Crippen molar-refractivity contribution >= 4 is 0 Å². The van der Waals surface area contributed by atoms with E-state index in [0.717, 1.165) is 17.9 Å². The maximum Gasteiger partial charge on any atom is 0.174 e. The molecule has 2 rings (SSSR count). The summed E-state index contributed by atoms with van der Waals surface area (Å²) in [5.41, 5.74) is 2.41. The minimum absolute atomic E-state index is 0.0807. The third kappa shape index (κ3) is 4.11. The largest absolute Gasteiger partial charge is 0.479 e. The molecule has 0 aliphatic carbocycles. The van der Waals surface area contributed by atoms with Crippen molar-refractivity contribution < 1.29 is 4.74 Å². The summed E-state index contributed by atoms with van der Waals surface area (Å²) in [7, 11) is 0. The molecule has 2 aromatic rings. The highest BCUT2D eigenvalue weighted by Gasteiger charge is 2.04. The van der Waals surface area contributed by atoms with Gasteiger partial charge in [0.2, 0.25) is 0 Å². The van der Waals surface area contributed by atoms with Gasteiger partial charge in [0.15, 0.2) is 6.61 Å². The molecule has 3 heteroatoms. The van der Waals surface area contributed by atoms with Crippen LogP contribution >= 0.6 is 0 Å². The predicted octanol–water partition coefficient (Wildman–Crippen LogP) is 3.44. The Hall–Kier alpha value is -2.31. The third-order valence-electron chi connectivity index (χ3n) is 3.11. The molecule has 0 saturated heterocycles. The molecule has 1 atom stereocenters. The van der Waals surface area contributed by atoms with Gasteiger partial charge in [-0.25, -0.2) is 0 Å². The van der Waals surface area contributed by atoms with E-state index in [1.54, 1.807) is 0 Å². The first kappa shape index (κ1) is 14.1. The Labute approximate surface area is 119 Å². The highest BCUT2D eigenvalue weighted by molar-refractivity contribution is 5.29. The molecule has 2 aromatic carbocycles. The number of nitrogens with zero attached hydrogens (tertiary/aromatic N) is 1. The smallest absolute Gasteiger partial charge is 0.174 e. The summed E-state index contributed by atoms with van der Waals surface area (Å²) in [6, 6.07) is 20.4. The van der Waals surface area contributed by atoms with Crippen LogP contribution in [0.5, 0.6) is 5.75 Å². The van der Waals surface area contributed by atoms with Crippen molar-refractivity contribution in [2.24, 2.45) is 0 Å². The fourth-order valence-electron chi connectivity index (χ4n) is 1.99. The van der Waals surface area contributed by atoms with Crippen molar-refractivity contribution in [3.05, 3.63) is 65.7 Å². The van der Waals surface area contributed by atoms with E-state index in [-0.39, 0.29) is 6.61 Å². The van der Waals surface area contributed by atoms with Crippen LogP contribution in [0.4, 0.5) is 0 Å². The van der Waals surface area contributed by atoms with Gasteiger partial charge >= 0.3 is 0 Å². The first-order valence-electron chi connectivity index (χ1n) is 6.66. The molecule has 3 nitrogen and oxygen atoms in total. The van der Waals surface area contributed by atoms with Crippen molar-refractivity contribution in [2.75, 3.05) is 6.61 Å². The normalized spacial score (nSPS) is 11.6. The summed E-state index contributed by atoms with van der Waals surface area (Å²) in [6.45, 7) is 2.99. The van der Waals surface area contributed by atoms with E-state index in [9.17, 15) is 0 Å². The Kier molecular flexibility index (Phi) is 5.16. The molecule has 0 heterocycles. The van der Waals surface area contributed by atoms with Gasteiger partial charge in [0.1, 0.15) is 11.8 Å². The average molecular weight is 266 g/mol. The van der Waals surface area contributed by atoms with E-state index in [0.29, 0.717) is 6.04 Å². The van der Waals surface area contributed by atoms with Gasteiger partial charge in [-0.05, 0) is 30.2 Å². The number of hydrogen-bond donors (Lipinski definition) is 1. The van der Waals surface area contributed by atoms with E-state index in [1.165, 1.54) is 5.56 Å². The summed E-state index contributed by atoms with van der Waals surface area (Å²) in [4.78, 5) is 0. The van der Waals surface area contributed by atoms with Crippen LogP contribution in [0.25, 0.3) is 0 Å². The molecule has 0 fully saturated rings. The van der Waals surface area contributed by atoms with Crippen molar-refractivity contribution in [3.8, 4) is 11.8 Å². The molecular formula is C17H18N2O. The van der Waals surface area contributed by atoms with Crippen LogP contribution in [-0.2, 0) is 6.54 Å². The van der Waals surface area contributed by atoms with Gasteiger partial charge < -0.3 is 10.1 Å². The SMILES string of the molecule is C[C@H](NCc1cccc(OCC#N)c1)c1ccccc1. The zero-order valence-corrected chi connectivity index (χ0v) is 11.5. The first-order chi connectivity index (χ1) is 9.79. The van der Waals surface area contributed by atoms with E-state index in [4.69, 9.17) is 10.00 Å². The fourth-order valence-corrected chi connectivity index (χ4v) is 1.99. The van der Waals surface area contributed by atoms with E-state index >= 15 is 0 Å². The van der Waals surface area contributed by atoms with Crippen LogP contribution < -0.4 is 10.1 Å². The lowest BCUT2D eigenvalue weighted by molar-refractivity contribution is 0.367. The first-order valence-corrected chi connectivity index (χ1v) is 6.66. The number of nitrogens with one attached hydrogen (secondary N) is 1. The summed E-state index contributed by atoms with van der Waals surface area (Å²) in [5.74, 6) is 0.734. The quantitative estimate of drug-likeness (QED) is 0.871. The molecule has 0 aromatic heterocycles. The van der Waals surface area contributed by atoms with Crippen LogP contribution in [-0.4, -0.2) is 6.61 Å².